The van der Waals surface area contributed by atoms with Crippen LogP contribution >= 0.6 is 11.3 Å². The van der Waals surface area contributed by atoms with Gasteiger partial charge < -0.3 is 10.0 Å². The second kappa shape index (κ2) is 9.90. The number of thiophene rings is 1. The lowest BCUT2D eigenvalue weighted by Gasteiger charge is -2.37. The van der Waals surface area contributed by atoms with Crippen LogP contribution in [0, 0.1) is 17.8 Å². The highest BCUT2D eigenvalue weighted by Gasteiger charge is 2.37. The second-order valence-corrected chi connectivity index (χ2v) is 11.1. The number of carbonyl (C=O) groups is 3. The molecule has 0 bridgehead atoms. The van der Waals surface area contributed by atoms with Gasteiger partial charge in [0, 0.05) is 29.7 Å². The molecule has 1 atom stereocenters. The molecule has 0 radical (unpaired) electrons. The van der Waals surface area contributed by atoms with E-state index in [0.29, 0.717) is 43.2 Å². The van der Waals surface area contributed by atoms with E-state index < -0.39 is 5.97 Å². The van der Waals surface area contributed by atoms with E-state index in [1.165, 1.54) is 16.9 Å². The standard InChI is InChI=1S/C26H35NO4S/c1-16-7-9-18(10-8-16)25(29)27(19-11-13-20(28)14-12-19)22-15-23(32-24(22)26(30)31)21-6-4-3-5-17(21)2/h6,15-19H,3-5,7-14H2,1-2H3,(H,30,31)/t16?,17-,18?/m1/s1. The summed E-state index contributed by atoms with van der Waals surface area (Å²) < 4.78 is 0. The third-order valence-corrected chi connectivity index (χ3v) is 8.83. The smallest absolute Gasteiger partial charge is 0.348 e. The molecular formula is C26H35NO4S. The summed E-state index contributed by atoms with van der Waals surface area (Å²) in [5, 5.41) is 10.1. The molecule has 1 amide bonds. The van der Waals surface area contributed by atoms with Gasteiger partial charge in [0.05, 0.1) is 5.69 Å². The van der Waals surface area contributed by atoms with Crippen LogP contribution in [-0.4, -0.2) is 28.8 Å². The Morgan fingerprint density at radius 3 is 2.34 bits per heavy atom. The molecule has 5 nitrogen and oxygen atoms in total. The lowest BCUT2D eigenvalue weighted by Crippen LogP contribution is -2.46. The zero-order valence-corrected chi connectivity index (χ0v) is 20.1. The van der Waals surface area contributed by atoms with E-state index in [9.17, 15) is 19.5 Å². The molecule has 32 heavy (non-hydrogen) atoms. The monoisotopic (exact) mass is 457 g/mol. The van der Waals surface area contributed by atoms with Crippen LogP contribution in [0.3, 0.4) is 0 Å². The van der Waals surface area contributed by atoms with Gasteiger partial charge in [0.1, 0.15) is 10.7 Å². The summed E-state index contributed by atoms with van der Waals surface area (Å²) in [6.07, 6.45) is 11.5. The Morgan fingerprint density at radius 1 is 1.03 bits per heavy atom. The van der Waals surface area contributed by atoms with Gasteiger partial charge in [-0.25, -0.2) is 4.79 Å². The first-order valence-corrected chi connectivity index (χ1v) is 13.1. The number of Topliss-reactive ketones (excluding diaryl/α,β-unsaturated/α-hetero) is 1. The molecule has 2 fully saturated rings. The number of nitrogens with zero attached hydrogens (tertiary/aromatic N) is 1. The van der Waals surface area contributed by atoms with E-state index >= 15 is 0 Å². The minimum Gasteiger partial charge on any atom is -0.477 e. The largest absolute Gasteiger partial charge is 0.477 e. The second-order valence-electron chi connectivity index (χ2n) is 10.1. The number of hydrogen-bond acceptors (Lipinski definition) is 4. The Balaban J connectivity index is 1.72. The summed E-state index contributed by atoms with van der Waals surface area (Å²) in [6.45, 7) is 4.43. The average molecular weight is 458 g/mol. The number of carbonyl (C=O) groups excluding carboxylic acids is 2. The summed E-state index contributed by atoms with van der Waals surface area (Å²) in [5.41, 5.74) is 1.77. The number of carboxylic acid groups (broad SMARTS) is 1. The summed E-state index contributed by atoms with van der Waals surface area (Å²) in [6, 6.07) is 1.86. The van der Waals surface area contributed by atoms with Crippen LogP contribution in [0.1, 0.15) is 99.0 Å². The maximum atomic E-state index is 13.8. The van der Waals surface area contributed by atoms with Gasteiger partial charge in [0.25, 0.3) is 0 Å². The molecule has 3 aliphatic carbocycles. The topological polar surface area (TPSA) is 74.7 Å². The van der Waals surface area contributed by atoms with Crippen molar-refractivity contribution in [1.82, 2.24) is 0 Å². The van der Waals surface area contributed by atoms with Crippen molar-refractivity contribution in [3.8, 4) is 0 Å². The number of amides is 1. The Morgan fingerprint density at radius 2 is 1.72 bits per heavy atom. The summed E-state index contributed by atoms with van der Waals surface area (Å²) >= 11 is 1.31. The van der Waals surface area contributed by atoms with Crippen LogP contribution in [0.4, 0.5) is 5.69 Å². The van der Waals surface area contributed by atoms with Crippen LogP contribution < -0.4 is 4.90 Å². The van der Waals surface area contributed by atoms with E-state index in [2.05, 4.69) is 19.9 Å². The fourth-order valence-corrected chi connectivity index (χ4v) is 6.76. The molecule has 174 valence electrons. The van der Waals surface area contributed by atoms with Crippen molar-refractivity contribution in [2.75, 3.05) is 4.90 Å². The molecule has 1 heterocycles. The molecule has 0 spiro atoms. The number of aromatic carboxylic acids is 1. The van der Waals surface area contributed by atoms with E-state index in [-0.39, 0.29) is 28.5 Å². The third kappa shape index (κ3) is 4.85. The molecule has 1 aromatic rings. The zero-order chi connectivity index (χ0) is 22.8. The van der Waals surface area contributed by atoms with E-state index in [4.69, 9.17) is 0 Å². The quantitative estimate of drug-likeness (QED) is 0.561. The van der Waals surface area contributed by atoms with Crippen LogP contribution in [0.5, 0.6) is 0 Å². The van der Waals surface area contributed by atoms with Crippen molar-refractivity contribution in [2.24, 2.45) is 17.8 Å². The Hall–Kier alpha value is -1.95. The predicted octanol–water partition coefficient (Wildman–Crippen LogP) is 6.32. The molecule has 6 heteroatoms. The average Bonchev–Trinajstić information content (AvgIpc) is 3.21. The molecule has 1 aromatic heterocycles. The summed E-state index contributed by atoms with van der Waals surface area (Å²) in [5.74, 6) is 0.318. The lowest BCUT2D eigenvalue weighted by atomic mass is 9.81. The molecule has 0 aromatic carbocycles. The maximum Gasteiger partial charge on any atom is 0.348 e. The van der Waals surface area contributed by atoms with Gasteiger partial charge in [-0.15, -0.1) is 11.3 Å². The maximum absolute atomic E-state index is 13.8. The molecular weight excluding hydrogens is 422 g/mol. The van der Waals surface area contributed by atoms with Crippen molar-refractivity contribution in [3.63, 3.8) is 0 Å². The lowest BCUT2D eigenvalue weighted by molar-refractivity contribution is -0.125. The van der Waals surface area contributed by atoms with Crippen molar-refractivity contribution < 1.29 is 19.5 Å². The van der Waals surface area contributed by atoms with Crippen LogP contribution in [-0.2, 0) is 9.59 Å². The minimum atomic E-state index is -0.970. The van der Waals surface area contributed by atoms with Gasteiger partial charge in [-0.1, -0.05) is 19.9 Å². The number of hydrogen-bond donors (Lipinski definition) is 1. The van der Waals surface area contributed by atoms with Crippen molar-refractivity contribution in [3.05, 3.63) is 21.9 Å². The molecule has 3 aliphatic rings. The van der Waals surface area contributed by atoms with Gasteiger partial charge in [-0.05, 0) is 81.3 Å². The van der Waals surface area contributed by atoms with E-state index in [0.717, 1.165) is 49.8 Å². The predicted molar refractivity (Wildman–Crippen MR) is 128 cm³/mol. The number of allylic oxidation sites excluding steroid dienone is 2. The summed E-state index contributed by atoms with van der Waals surface area (Å²) in [7, 11) is 0. The molecule has 0 aliphatic heterocycles. The Labute approximate surface area is 194 Å². The first-order chi connectivity index (χ1) is 15.3. The molecule has 2 saturated carbocycles. The normalized spacial score (nSPS) is 27.1. The molecule has 4 rings (SSSR count). The van der Waals surface area contributed by atoms with Gasteiger partial charge in [0.15, 0.2) is 0 Å². The highest BCUT2D eigenvalue weighted by atomic mass is 32.1. The fraction of sp³-hybridized carbons (Fsp3) is 0.654. The van der Waals surface area contributed by atoms with Crippen molar-refractivity contribution in [1.29, 1.82) is 0 Å². The first kappa shape index (κ1) is 23.2. The number of anilines is 1. The van der Waals surface area contributed by atoms with Crippen molar-refractivity contribution in [2.45, 2.75) is 90.5 Å². The van der Waals surface area contributed by atoms with Gasteiger partial charge >= 0.3 is 5.97 Å². The van der Waals surface area contributed by atoms with Crippen LogP contribution in [0.15, 0.2) is 12.1 Å². The van der Waals surface area contributed by atoms with E-state index in [1.807, 2.05) is 11.0 Å². The Bertz CT molecular complexity index is 899. The molecule has 0 saturated heterocycles. The molecule has 0 unspecified atom stereocenters. The van der Waals surface area contributed by atoms with Crippen LogP contribution in [0.25, 0.3) is 5.57 Å². The number of rotatable bonds is 5. The number of carboxylic acids is 1. The summed E-state index contributed by atoms with van der Waals surface area (Å²) in [4.78, 5) is 41.1. The van der Waals surface area contributed by atoms with Gasteiger partial charge in [-0.2, -0.15) is 0 Å². The van der Waals surface area contributed by atoms with Gasteiger partial charge in [0.2, 0.25) is 5.91 Å². The zero-order valence-electron chi connectivity index (χ0n) is 19.3. The third-order valence-electron chi connectivity index (χ3n) is 7.67. The minimum absolute atomic E-state index is 0.0540. The molecule has 1 N–H and O–H groups in total. The SMILES string of the molecule is CC1CCC(C(=O)N(c2cc(C3=CCCC[C@H]3C)sc2C(=O)O)C2CCC(=O)CC2)CC1. The Kier molecular flexibility index (Phi) is 7.18. The number of ketones is 1. The fourth-order valence-electron chi connectivity index (χ4n) is 5.62. The van der Waals surface area contributed by atoms with Crippen LogP contribution in [0.2, 0.25) is 0 Å². The highest BCUT2D eigenvalue weighted by Crippen LogP contribution is 2.43. The van der Waals surface area contributed by atoms with Gasteiger partial charge in [-0.3, -0.25) is 9.59 Å². The van der Waals surface area contributed by atoms with E-state index in [1.54, 1.807) is 0 Å². The van der Waals surface area contributed by atoms with Crippen molar-refractivity contribution >= 4 is 40.3 Å². The first-order valence-electron chi connectivity index (χ1n) is 12.3. The highest BCUT2D eigenvalue weighted by molar-refractivity contribution is 7.15.